The maximum atomic E-state index is 12.3. The fraction of sp³-hybridized carbons (Fsp3) is 0. The van der Waals surface area contributed by atoms with E-state index in [2.05, 4.69) is 15.1 Å². The fourth-order valence-electron chi connectivity index (χ4n) is 2.47. The molecule has 0 amide bonds. The van der Waals surface area contributed by atoms with Crippen molar-refractivity contribution in [2.24, 2.45) is 0 Å². The molecule has 0 spiro atoms. The van der Waals surface area contributed by atoms with Gasteiger partial charge >= 0.3 is 0 Å². The van der Waals surface area contributed by atoms with E-state index in [0.29, 0.717) is 11.3 Å². The van der Waals surface area contributed by atoms with Crippen LogP contribution in [0.15, 0.2) is 71.9 Å². The summed E-state index contributed by atoms with van der Waals surface area (Å²) in [5.74, 6) is 0. The highest BCUT2D eigenvalue weighted by Crippen LogP contribution is 2.23. The van der Waals surface area contributed by atoms with Crippen LogP contribution in [0.5, 0.6) is 0 Å². The third kappa shape index (κ3) is 2.00. The summed E-state index contributed by atoms with van der Waals surface area (Å²) >= 11 is 0. The molecular formula is C17H12N4O. The van der Waals surface area contributed by atoms with Crippen LogP contribution in [0.1, 0.15) is 0 Å². The monoisotopic (exact) mass is 288 g/mol. The van der Waals surface area contributed by atoms with E-state index in [1.54, 1.807) is 18.6 Å². The number of fused-ring (bicyclic) bond motifs is 1. The van der Waals surface area contributed by atoms with E-state index >= 15 is 0 Å². The molecule has 4 rings (SSSR count). The van der Waals surface area contributed by atoms with Crippen LogP contribution in [-0.4, -0.2) is 19.6 Å². The van der Waals surface area contributed by atoms with Gasteiger partial charge in [-0.1, -0.05) is 30.3 Å². The first-order valence-electron chi connectivity index (χ1n) is 6.90. The maximum absolute atomic E-state index is 12.3. The van der Waals surface area contributed by atoms with Crippen molar-refractivity contribution in [2.75, 3.05) is 0 Å². The third-order valence-corrected chi connectivity index (χ3v) is 3.54. The van der Waals surface area contributed by atoms with Crippen LogP contribution in [0.2, 0.25) is 0 Å². The lowest BCUT2D eigenvalue weighted by Crippen LogP contribution is -2.14. The number of aromatic amines is 1. The number of nitrogens with one attached hydrogen (secondary N) is 1. The standard InChI is InChI=1S/C17H12N4O/c22-16-9-15(13-7-4-8-18-10-13)20-17-14(11-19-21(16)17)12-5-2-1-3-6-12/h1-11,19H. The number of benzene rings is 1. The van der Waals surface area contributed by atoms with Crippen molar-refractivity contribution >= 4 is 5.65 Å². The van der Waals surface area contributed by atoms with Crippen molar-refractivity contribution in [3.63, 3.8) is 0 Å². The van der Waals surface area contributed by atoms with Gasteiger partial charge in [0.15, 0.2) is 5.65 Å². The van der Waals surface area contributed by atoms with E-state index in [-0.39, 0.29) is 5.56 Å². The van der Waals surface area contributed by atoms with E-state index < -0.39 is 0 Å². The zero-order valence-electron chi connectivity index (χ0n) is 11.6. The molecule has 5 nitrogen and oxygen atoms in total. The van der Waals surface area contributed by atoms with Gasteiger partial charge in [0.1, 0.15) is 0 Å². The number of hydrogen-bond acceptors (Lipinski definition) is 3. The zero-order chi connectivity index (χ0) is 14.9. The van der Waals surface area contributed by atoms with Crippen molar-refractivity contribution in [2.45, 2.75) is 0 Å². The minimum Gasteiger partial charge on any atom is -0.296 e. The lowest BCUT2D eigenvalue weighted by molar-refractivity contribution is 0.901. The molecular weight excluding hydrogens is 276 g/mol. The van der Waals surface area contributed by atoms with Gasteiger partial charge < -0.3 is 0 Å². The summed E-state index contributed by atoms with van der Waals surface area (Å²) in [6, 6.07) is 15.1. The summed E-state index contributed by atoms with van der Waals surface area (Å²) in [5, 5.41) is 2.96. The molecule has 0 unspecified atom stereocenters. The highest BCUT2D eigenvalue weighted by molar-refractivity contribution is 5.78. The third-order valence-electron chi connectivity index (χ3n) is 3.54. The fourth-order valence-corrected chi connectivity index (χ4v) is 2.47. The minimum absolute atomic E-state index is 0.147. The Hall–Kier alpha value is -3.21. The van der Waals surface area contributed by atoms with Gasteiger partial charge in [0, 0.05) is 35.8 Å². The topological polar surface area (TPSA) is 63.0 Å². The van der Waals surface area contributed by atoms with Crippen LogP contribution in [0.25, 0.3) is 28.0 Å². The molecule has 0 bridgehead atoms. The Bertz CT molecular complexity index is 988. The highest BCUT2D eigenvalue weighted by atomic mass is 16.1. The predicted molar refractivity (Wildman–Crippen MR) is 84.5 cm³/mol. The Morgan fingerprint density at radius 2 is 1.82 bits per heavy atom. The second kappa shape index (κ2) is 4.96. The molecule has 1 N–H and O–H groups in total. The zero-order valence-corrected chi connectivity index (χ0v) is 11.6. The van der Waals surface area contributed by atoms with Crippen LogP contribution in [0, 0.1) is 0 Å². The number of rotatable bonds is 2. The van der Waals surface area contributed by atoms with Crippen molar-refractivity contribution in [3.05, 3.63) is 77.5 Å². The molecule has 0 saturated carbocycles. The van der Waals surface area contributed by atoms with E-state index in [9.17, 15) is 4.79 Å². The van der Waals surface area contributed by atoms with E-state index in [0.717, 1.165) is 16.7 Å². The Morgan fingerprint density at radius 3 is 2.59 bits per heavy atom. The van der Waals surface area contributed by atoms with Crippen LogP contribution in [-0.2, 0) is 0 Å². The van der Waals surface area contributed by atoms with E-state index in [4.69, 9.17) is 0 Å². The van der Waals surface area contributed by atoms with Gasteiger partial charge in [-0.05, 0) is 17.7 Å². The molecule has 0 aliphatic carbocycles. The largest absolute Gasteiger partial charge is 0.296 e. The first-order chi connectivity index (χ1) is 10.8. The minimum atomic E-state index is -0.147. The lowest BCUT2D eigenvalue weighted by atomic mass is 10.1. The molecule has 0 radical (unpaired) electrons. The summed E-state index contributed by atoms with van der Waals surface area (Å²) in [5.41, 5.74) is 3.81. The molecule has 106 valence electrons. The summed E-state index contributed by atoms with van der Waals surface area (Å²) < 4.78 is 1.45. The first-order valence-corrected chi connectivity index (χ1v) is 6.90. The van der Waals surface area contributed by atoms with Gasteiger partial charge in [-0.25, -0.2) is 9.50 Å². The molecule has 0 saturated heterocycles. The lowest BCUT2D eigenvalue weighted by Gasteiger charge is -2.02. The van der Waals surface area contributed by atoms with Crippen molar-refractivity contribution < 1.29 is 0 Å². The first kappa shape index (κ1) is 12.5. The highest BCUT2D eigenvalue weighted by Gasteiger charge is 2.11. The maximum Gasteiger partial charge on any atom is 0.273 e. The molecule has 5 heteroatoms. The Balaban J connectivity index is 1.99. The number of hydrogen-bond donors (Lipinski definition) is 1. The summed E-state index contributed by atoms with van der Waals surface area (Å²) in [4.78, 5) is 21.0. The van der Waals surface area contributed by atoms with Crippen LogP contribution < -0.4 is 5.56 Å². The van der Waals surface area contributed by atoms with Gasteiger partial charge in [-0.2, -0.15) is 0 Å². The number of pyridine rings is 1. The van der Waals surface area contributed by atoms with Gasteiger partial charge in [-0.15, -0.1) is 0 Å². The summed E-state index contributed by atoms with van der Waals surface area (Å²) in [6.45, 7) is 0. The second-order valence-corrected chi connectivity index (χ2v) is 4.93. The van der Waals surface area contributed by atoms with Crippen molar-refractivity contribution in [3.8, 4) is 22.4 Å². The molecule has 22 heavy (non-hydrogen) atoms. The predicted octanol–water partition coefficient (Wildman–Crippen LogP) is 2.75. The van der Waals surface area contributed by atoms with Crippen LogP contribution in [0.4, 0.5) is 0 Å². The van der Waals surface area contributed by atoms with Gasteiger partial charge in [0.05, 0.1) is 5.69 Å². The quantitative estimate of drug-likeness (QED) is 0.617. The molecule has 3 aromatic heterocycles. The van der Waals surface area contributed by atoms with E-state index in [1.165, 1.54) is 10.6 Å². The number of nitrogens with zero attached hydrogens (tertiary/aromatic N) is 3. The average Bonchev–Trinajstić information content (AvgIpc) is 3.01. The van der Waals surface area contributed by atoms with E-state index in [1.807, 2.05) is 42.5 Å². The molecule has 0 fully saturated rings. The van der Waals surface area contributed by atoms with Crippen LogP contribution >= 0.6 is 0 Å². The molecule has 1 aromatic carbocycles. The Kier molecular flexibility index (Phi) is 2.83. The molecule has 0 atom stereocenters. The van der Waals surface area contributed by atoms with Gasteiger partial charge in [-0.3, -0.25) is 14.9 Å². The van der Waals surface area contributed by atoms with Gasteiger partial charge in [0.25, 0.3) is 5.56 Å². The second-order valence-electron chi connectivity index (χ2n) is 4.93. The smallest absolute Gasteiger partial charge is 0.273 e. The SMILES string of the molecule is O=c1cc(-c2cccnc2)nc2c(-c3ccccc3)c[nH]n12. The van der Waals surface area contributed by atoms with Gasteiger partial charge in [0.2, 0.25) is 0 Å². The number of aromatic nitrogens is 4. The Morgan fingerprint density at radius 1 is 1.00 bits per heavy atom. The molecule has 4 aromatic rings. The molecule has 0 aliphatic rings. The van der Waals surface area contributed by atoms with Crippen molar-refractivity contribution in [1.82, 2.24) is 19.6 Å². The Labute approximate surface area is 125 Å². The normalized spacial score (nSPS) is 10.9. The summed E-state index contributed by atoms with van der Waals surface area (Å²) in [6.07, 6.45) is 5.19. The summed E-state index contributed by atoms with van der Waals surface area (Å²) in [7, 11) is 0. The molecule has 3 heterocycles. The number of H-pyrrole nitrogens is 1. The van der Waals surface area contributed by atoms with Crippen molar-refractivity contribution in [1.29, 1.82) is 0 Å². The average molecular weight is 288 g/mol. The molecule has 0 aliphatic heterocycles. The van der Waals surface area contributed by atoms with Crippen LogP contribution in [0.3, 0.4) is 0 Å².